The fourth-order valence-electron chi connectivity index (χ4n) is 4.85. The van der Waals surface area contributed by atoms with Gasteiger partial charge in [0.15, 0.2) is 5.69 Å². The molecular formula is C20H30N2O6S2. The lowest BCUT2D eigenvalue weighted by Crippen LogP contribution is -2.47. The predicted molar refractivity (Wildman–Crippen MR) is 113 cm³/mol. The molecule has 0 amide bonds. The Morgan fingerprint density at radius 1 is 1.40 bits per heavy atom. The number of thiazole rings is 1. The molecule has 1 heterocycles. The van der Waals surface area contributed by atoms with Crippen molar-refractivity contribution in [2.75, 3.05) is 32.6 Å². The van der Waals surface area contributed by atoms with Crippen LogP contribution in [-0.2, 0) is 30.8 Å². The third-order valence-corrected chi connectivity index (χ3v) is 9.64. The fraction of sp³-hybridized carbons (Fsp3) is 0.750. The SMILES string of the molecule is CCOC(=O)c1csc(CN(CCOC)S(=O)(=O)CC23CCC(CC2=O)C3(C)C)n1. The third-order valence-electron chi connectivity index (χ3n) is 6.85. The second-order valence-electron chi connectivity index (χ2n) is 8.60. The number of hydrogen-bond acceptors (Lipinski definition) is 8. The minimum absolute atomic E-state index is 0.0316. The summed E-state index contributed by atoms with van der Waals surface area (Å²) in [6.45, 7) is 6.41. The Balaban J connectivity index is 1.82. The molecule has 0 N–H and O–H groups in total. The van der Waals surface area contributed by atoms with Crippen molar-refractivity contribution in [2.45, 2.75) is 46.6 Å². The topological polar surface area (TPSA) is 103 Å². The molecule has 2 fully saturated rings. The van der Waals surface area contributed by atoms with E-state index in [2.05, 4.69) is 4.98 Å². The highest BCUT2D eigenvalue weighted by Gasteiger charge is 2.65. The second-order valence-corrected chi connectivity index (χ2v) is 11.5. The van der Waals surface area contributed by atoms with Gasteiger partial charge in [-0.2, -0.15) is 4.31 Å². The standard InChI is InChI=1S/C20H30N2O6S2/c1-5-28-18(24)15-12-29-17(21-15)11-22(8-9-27-4)30(25,26)13-20-7-6-14(10-16(20)23)19(20,2)3/h12,14H,5-11,13H2,1-4H3. The number of hydrogen-bond donors (Lipinski definition) is 0. The van der Waals surface area contributed by atoms with Gasteiger partial charge in [-0.3, -0.25) is 4.79 Å². The predicted octanol–water partition coefficient (Wildman–Crippen LogP) is 2.49. The molecule has 10 heteroatoms. The minimum atomic E-state index is -3.76. The van der Waals surface area contributed by atoms with E-state index in [0.717, 1.165) is 6.42 Å². The van der Waals surface area contributed by atoms with Crippen molar-refractivity contribution in [3.63, 3.8) is 0 Å². The van der Waals surface area contributed by atoms with Crippen LogP contribution in [0.5, 0.6) is 0 Å². The van der Waals surface area contributed by atoms with Crippen LogP contribution >= 0.6 is 11.3 Å². The summed E-state index contributed by atoms with van der Waals surface area (Å²) in [6.07, 6.45) is 1.97. The molecule has 0 aliphatic heterocycles. The fourth-order valence-corrected chi connectivity index (χ4v) is 7.87. The number of esters is 1. The van der Waals surface area contributed by atoms with Crippen LogP contribution in [0, 0.1) is 16.7 Å². The first kappa shape index (κ1) is 23.3. The summed E-state index contributed by atoms with van der Waals surface area (Å²) in [6, 6.07) is 0. The maximum Gasteiger partial charge on any atom is 0.357 e. The van der Waals surface area contributed by atoms with Gasteiger partial charge in [-0.1, -0.05) is 13.8 Å². The summed E-state index contributed by atoms with van der Waals surface area (Å²) in [5.74, 6) is -0.403. The number of methoxy groups -OCH3 is 1. The van der Waals surface area contributed by atoms with E-state index in [0.29, 0.717) is 17.8 Å². The van der Waals surface area contributed by atoms with Crippen LogP contribution in [0.2, 0.25) is 0 Å². The summed E-state index contributed by atoms with van der Waals surface area (Å²) in [4.78, 5) is 28.9. The number of nitrogens with zero attached hydrogens (tertiary/aromatic N) is 2. The van der Waals surface area contributed by atoms with Crippen LogP contribution in [0.15, 0.2) is 5.38 Å². The Hall–Kier alpha value is -1.36. The Morgan fingerprint density at radius 3 is 2.70 bits per heavy atom. The quantitative estimate of drug-likeness (QED) is 0.496. The van der Waals surface area contributed by atoms with E-state index < -0.39 is 21.4 Å². The summed E-state index contributed by atoms with van der Waals surface area (Å²) >= 11 is 1.21. The van der Waals surface area contributed by atoms with Crippen LogP contribution in [0.1, 0.15) is 55.5 Å². The van der Waals surface area contributed by atoms with E-state index in [1.54, 1.807) is 12.3 Å². The van der Waals surface area contributed by atoms with Crippen molar-refractivity contribution >= 4 is 33.1 Å². The molecule has 30 heavy (non-hydrogen) atoms. The lowest BCUT2D eigenvalue weighted by Gasteiger charge is -2.37. The van der Waals surface area contributed by atoms with Crippen LogP contribution in [0.25, 0.3) is 0 Å². The van der Waals surface area contributed by atoms with E-state index in [1.165, 1.54) is 22.8 Å². The summed E-state index contributed by atoms with van der Waals surface area (Å²) in [5.41, 5.74) is -0.992. The highest BCUT2D eigenvalue weighted by molar-refractivity contribution is 7.89. The molecule has 2 bridgehead atoms. The number of carbonyl (C=O) groups is 2. The highest BCUT2D eigenvalue weighted by atomic mass is 32.2. The molecule has 0 saturated heterocycles. The van der Waals surface area contributed by atoms with E-state index in [-0.39, 0.29) is 54.9 Å². The van der Waals surface area contributed by atoms with Crippen LogP contribution in [0.4, 0.5) is 0 Å². The molecule has 2 unspecified atom stereocenters. The Bertz CT molecular complexity index is 910. The van der Waals surface area contributed by atoms with Crippen molar-refractivity contribution in [1.82, 2.24) is 9.29 Å². The second kappa shape index (κ2) is 8.64. The molecule has 0 radical (unpaired) electrons. The van der Waals surface area contributed by atoms with Gasteiger partial charge in [-0.15, -0.1) is 11.3 Å². The van der Waals surface area contributed by atoms with Crippen LogP contribution < -0.4 is 0 Å². The zero-order valence-corrected chi connectivity index (χ0v) is 19.6. The molecular weight excluding hydrogens is 428 g/mol. The zero-order valence-electron chi connectivity index (χ0n) is 18.0. The van der Waals surface area contributed by atoms with Gasteiger partial charge in [0, 0.05) is 30.9 Å². The van der Waals surface area contributed by atoms with Crippen molar-refractivity contribution in [2.24, 2.45) is 16.7 Å². The number of carbonyl (C=O) groups excluding carboxylic acids is 2. The van der Waals surface area contributed by atoms with E-state index >= 15 is 0 Å². The monoisotopic (exact) mass is 458 g/mol. The Labute approximate surface area is 182 Å². The smallest absolute Gasteiger partial charge is 0.357 e. The van der Waals surface area contributed by atoms with Crippen molar-refractivity contribution in [3.05, 3.63) is 16.1 Å². The van der Waals surface area contributed by atoms with Gasteiger partial charge < -0.3 is 9.47 Å². The molecule has 168 valence electrons. The van der Waals surface area contributed by atoms with Gasteiger partial charge in [0.05, 0.1) is 25.5 Å². The summed E-state index contributed by atoms with van der Waals surface area (Å²) in [5, 5.41) is 2.06. The average Bonchev–Trinajstić information content (AvgIpc) is 3.28. The summed E-state index contributed by atoms with van der Waals surface area (Å²) < 4.78 is 38.3. The molecule has 2 aliphatic rings. The number of ether oxygens (including phenoxy) is 2. The van der Waals surface area contributed by atoms with Crippen LogP contribution in [-0.4, -0.2) is 62.1 Å². The number of Topliss-reactive ketones (excluding diaryl/α,β-unsaturated/α-hetero) is 1. The largest absolute Gasteiger partial charge is 0.461 e. The Kier molecular flexibility index (Phi) is 6.71. The molecule has 2 saturated carbocycles. The van der Waals surface area contributed by atoms with E-state index in [9.17, 15) is 18.0 Å². The average molecular weight is 459 g/mol. The Morgan fingerprint density at radius 2 is 2.13 bits per heavy atom. The van der Waals surface area contributed by atoms with Gasteiger partial charge >= 0.3 is 5.97 Å². The van der Waals surface area contributed by atoms with E-state index in [1.807, 2.05) is 13.8 Å². The lowest BCUT2D eigenvalue weighted by molar-refractivity contribution is -0.128. The molecule has 2 aliphatic carbocycles. The first-order valence-corrected chi connectivity index (χ1v) is 12.7. The van der Waals surface area contributed by atoms with Gasteiger partial charge in [0.25, 0.3) is 0 Å². The zero-order chi connectivity index (χ0) is 22.2. The van der Waals surface area contributed by atoms with Gasteiger partial charge in [-0.05, 0) is 31.1 Å². The molecule has 8 nitrogen and oxygen atoms in total. The number of ketones is 1. The first-order chi connectivity index (χ1) is 14.1. The summed E-state index contributed by atoms with van der Waals surface area (Å²) in [7, 11) is -2.25. The number of rotatable bonds is 10. The molecule has 3 rings (SSSR count). The van der Waals surface area contributed by atoms with Gasteiger partial charge in [0.2, 0.25) is 10.0 Å². The molecule has 1 aromatic rings. The lowest BCUT2D eigenvalue weighted by atomic mass is 9.70. The minimum Gasteiger partial charge on any atom is -0.461 e. The number of aromatic nitrogens is 1. The molecule has 0 aromatic carbocycles. The normalized spacial score (nSPS) is 25.2. The number of sulfonamides is 1. The third kappa shape index (κ3) is 4.06. The maximum absolute atomic E-state index is 13.5. The molecule has 0 spiro atoms. The first-order valence-electron chi connectivity index (χ1n) is 10.2. The van der Waals surface area contributed by atoms with Crippen LogP contribution in [0.3, 0.4) is 0 Å². The number of fused-ring (bicyclic) bond motifs is 2. The van der Waals surface area contributed by atoms with Gasteiger partial charge in [0.1, 0.15) is 10.8 Å². The maximum atomic E-state index is 13.5. The van der Waals surface area contributed by atoms with Gasteiger partial charge in [-0.25, -0.2) is 18.2 Å². The highest BCUT2D eigenvalue weighted by Crippen LogP contribution is 2.64. The van der Waals surface area contributed by atoms with E-state index in [4.69, 9.17) is 9.47 Å². The molecule has 1 aromatic heterocycles. The van der Waals surface area contributed by atoms with Crippen molar-refractivity contribution in [3.8, 4) is 0 Å². The molecule has 2 atom stereocenters. The van der Waals surface area contributed by atoms with Crippen molar-refractivity contribution < 1.29 is 27.5 Å². The van der Waals surface area contributed by atoms with Crippen molar-refractivity contribution in [1.29, 1.82) is 0 Å².